The van der Waals surface area contributed by atoms with Gasteiger partial charge in [-0.2, -0.15) is 4.37 Å². The van der Waals surface area contributed by atoms with E-state index in [0.29, 0.717) is 0 Å². The average Bonchev–Trinajstić information content (AvgIpc) is 4.00. The number of hydrogen-bond donors (Lipinski definition) is 2. The van der Waals surface area contributed by atoms with E-state index >= 15 is 0 Å². The number of thiazole rings is 1. The van der Waals surface area contributed by atoms with E-state index in [1.807, 2.05) is 48.7 Å². The highest BCUT2D eigenvalue weighted by atomic mass is 32.1. The van der Waals surface area contributed by atoms with Crippen molar-refractivity contribution in [1.29, 1.82) is 0 Å². The first kappa shape index (κ1) is 27.6. The highest BCUT2D eigenvalue weighted by molar-refractivity contribution is 7.21. The third-order valence-electron chi connectivity index (χ3n) is 9.36. The molecule has 50 heavy (non-hydrogen) atoms. The zero-order chi connectivity index (χ0) is 32.8. The lowest BCUT2D eigenvalue weighted by Crippen LogP contribution is -1.92. The molecule has 11 aromatic rings. The smallest absolute Gasteiger partial charge is 0.143 e. The second kappa shape index (κ2) is 10.6. The van der Waals surface area contributed by atoms with Crippen LogP contribution in [0.1, 0.15) is 0 Å². The molecule has 11 rings (SSSR count). The maximum Gasteiger partial charge on any atom is 0.143 e. The molecule has 0 aliphatic heterocycles. The van der Waals surface area contributed by atoms with Gasteiger partial charge in [-0.15, -0.1) is 16.4 Å². The van der Waals surface area contributed by atoms with Crippen LogP contribution in [0.25, 0.3) is 109 Å². The summed E-state index contributed by atoms with van der Waals surface area (Å²) in [5.74, 6) is 1.47. The predicted molar refractivity (Wildman–Crippen MR) is 201 cm³/mol. The molecule has 0 radical (unpaired) electrons. The summed E-state index contributed by atoms with van der Waals surface area (Å²) in [6.45, 7) is 0. The van der Waals surface area contributed by atoms with Crippen molar-refractivity contribution in [3.63, 3.8) is 0 Å². The Kier molecular flexibility index (Phi) is 5.83. The van der Waals surface area contributed by atoms with Crippen molar-refractivity contribution in [2.24, 2.45) is 0 Å². The lowest BCUT2D eigenvalue weighted by atomic mass is 9.89. The minimum atomic E-state index is 0.722. The summed E-state index contributed by atoms with van der Waals surface area (Å²) in [4.78, 5) is 9.16. The lowest BCUT2D eigenvalue weighted by molar-refractivity contribution is 0.578. The van der Waals surface area contributed by atoms with E-state index < -0.39 is 0 Å². The van der Waals surface area contributed by atoms with Gasteiger partial charge in [-0.3, -0.25) is 5.10 Å². The summed E-state index contributed by atoms with van der Waals surface area (Å²) in [6, 6.07) is 37.1. The molecule has 0 aliphatic rings. The zero-order valence-electron chi connectivity index (χ0n) is 26.0. The summed E-state index contributed by atoms with van der Waals surface area (Å²) < 4.78 is 20.1. The van der Waals surface area contributed by atoms with Crippen LogP contribution < -0.4 is 0 Å². The van der Waals surface area contributed by atoms with Crippen LogP contribution in [-0.4, -0.2) is 29.8 Å². The standard InChI is InChI=1S/C40H22N6O2S2/c1-2-10-22-21(9-1)20-48-39(22)32-25(29-15-8-18-47-29)19-28-33(34(32)40-42-26-13-4-6-17-31(26)49-40)35(38-23-11-3-5-16-30(23)50-45-38)37(41-28)24-12-7-14-27-36(24)44-46-43-27/h1-20,41H,(H,43,44,46). The van der Waals surface area contributed by atoms with Gasteiger partial charge in [-0.05, 0) is 54.0 Å². The van der Waals surface area contributed by atoms with Crippen LogP contribution in [0.15, 0.2) is 131 Å². The predicted octanol–water partition coefficient (Wildman–Crippen LogP) is 11.3. The molecule has 0 aliphatic carbocycles. The fraction of sp³-hybridized carbons (Fsp3) is 0. The highest BCUT2D eigenvalue weighted by Gasteiger charge is 2.31. The molecular weight excluding hydrogens is 661 g/mol. The van der Waals surface area contributed by atoms with Crippen LogP contribution in [0, 0.1) is 0 Å². The first-order valence-corrected chi connectivity index (χ1v) is 17.6. The Bertz CT molecular complexity index is 3040. The third-order valence-corrected chi connectivity index (χ3v) is 11.2. The van der Waals surface area contributed by atoms with Gasteiger partial charge in [0.15, 0.2) is 0 Å². The average molecular weight is 683 g/mol. The zero-order valence-corrected chi connectivity index (χ0v) is 27.6. The fourth-order valence-electron chi connectivity index (χ4n) is 7.18. The molecule has 6 aromatic heterocycles. The van der Waals surface area contributed by atoms with E-state index in [-0.39, 0.29) is 0 Å². The van der Waals surface area contributed by atoms with E-state index in [9.17, 15) is 0 Å². The Morgan fingerprint density at radius 3 is 2.44 bits per heavy atom. The number of nitrogens with zero attached hydrogens (tertiary/aromatic N) is 4. The van der Waals surface area contributed by atoms with Gasteiger partial charge in [0, 0.05) is 54.9 Å². The topological polar surface area (TPSA) is 109 Å². The second-order valence-corrected chi connectivity index (χ2v) is 14.0. The van der Waals surface area contributed by atoms with Crippen LogP contribution in [0.4, 0.5) is 0 Å². The van der Waals surface area contributed by atoms with Gasteiger partial charge in [0.05, 0.1) is 44.3 Å². The van der Waals surface area contributed by atoms with Crippen molar-refractivity contribution in [2.45, 2.75) is 0 Å². The summed E-state index contributed by atoms with van der Waals surface area (Å²) in [6.07, 6.45) is 3.53. The number of benzene rings is 5. The highest BCUT2D eigenvalue weighted by Crippen LogP contribution is 2.53. The molecular formula is C40H22N6O2S2. The monoisotopic (exact) mass is 682 g/mol. The normalized spacial score (nSPS) is 12.0. The number of hydrogen-bond acceptors (Lipinski definition) is 8. The third kappa shape index (κ3) is 3.97. The first-order valence-electron chi connectivity index (χ1n) is 16.0. The molecule has 6 heterocycles. The number of nitrogens with one attached hydrogen (secondary N) is 2. The molecule has 0 amide bonds. The van der Waals surface area contributed by atoms with Gasteiger partial charge in [-0.25, -0.2) is 4.98 Å². The molecule has 10 heteroatoms. The van der Waals surface area contributed by atoms with E-state index in [1.165, 1.54) is 11.5 Å². The lowest BCUT2D eigenvalue weighted by Gasteiger charge is -2.14. The summed E-state index contributed by atoms with van der Waals surface area (Å²) in [5, 5.41) is 16.7. The Morgan fingerprint density at radius 2 is 1.54 bits per heavy atom. The van der Waals surface area contributed by atoms with Gasteiger partial charge < -0.3 is 13.8 Å². The van der Waals surface area contributed by atoms with E-state index in [2.05, 4.69) is 87.1 Å². The molecule has 0 unspecified atom stereocenters. The SMILES string of the molecule is c1coc(-c2cc3[nH]c(-c4cccc5[nH]nnc45)c(-c4nsc5ccccc45)c3c(-c3nc4ccccc4s3)c2-c2occ3ccccc23)c1. The number of rotatable bonds is 5. The van der Waals surface area contributed by atoms with Crippen LogP contribution in [0.5, 0.6) is 0 Å². The minimum absolute atomic E-state index is 0.722. The van der Waals surface area contributed by atoms with Crippen LogP contribution in [0.3, 0.4) is 0 Å². The van der Waals surface area contributed by atoms with E-state index in [1.54, 1.807) is 17.6 Å². The summed E-state index contributed by atoms with van der Waals surface area (Å²) in [7, 11) is 0. The molecule has 0 atom stereocenters. The van der Waals surface area contributed by atoms with Gasteiger partial charge >= 0.3 is 0 Å². The number of H-pyrrole nitrogens is 2. The first-order chi connectivity index (χ1) is 24.8. The Morgan fingerprint density at radius 1 is 0.680 bits per heavy atom. The molecule has 0 saturated heterocycles. The number of fused-ring (bicyclic) bond motifs is 5. The van der Waals surface area contributed by atoms with Crippen LogP contribution >= 0.6 is 22.9 Å². The maximum atomic E-state index is 6.55. The number of aromatic amines is 2. The second-order valence-electron chi connectivity index (χ2n) is 12.1. The Balaban J connectivity index is 1.39. The molecule has 0 saturated carbocycles. The number of para-hydroxylation sites is 1. The quantitative estimate of drug-likeness (QED) is 0.187. The van der Waals surface area contributed by atoms with Crippen molar-refractivity contribution >= 4 is 75.9 Å². The molecule has 8 nitrogen and oxygen atoms in total. The fourth-order valence-corrected chi connectivity index (χ4v) is 8.99. The van der Waals surface area contributed by atoms with Crippen LogP contribution in [-0.2, 0) is 0 Å². The van der Waals surface area contributed by atoms with Crippen molar-refractivity contribution in [1.82, 2.24) is 29.8 Å². The van der Waals surface area contributed by atoms with Gasteiger partial charge in [0.2, 0.25) is 0 Å². The molecule has 0 bridgehead atoms. The number of aromatic nitrogens is 6. The summed E-state index contributed by atoms with van der Waals surface area (Å²) in [5.41, 5.74) is 9.85. The van der Waals surface area contributed by atoms with Crippen molar-refractivity contribution < 1.29 is 8.83 Å². The van der Waals surface area contributed by atoms with E-state index in [4.69, 9.17) is 18.2 Å². The van der Waals surface area contributed by atoms with Crippen LogP contribution in [0.2, 0.25) is 0 Å². The molecule has 0 fully saturated rings. The molecule has 2 N–H and O–H groups in total. The summed E-state index contributed by atoms with van der Waals surface area (Å²) >= 11 is 3.16. The molecule has 236 valence electrons. The number of furan rings is 2. The molecule has 5 aromatic carbocycles. The van der Waals surface area contributed by atoms with Gasteiger partial charge in [-0.1, -0.05) is 71.9 Å². The Hall–Kier alpha value is -6.36. The van der Waals surface area contributed by atoms with Gasteiger partial charge in [0.25, 0.3) is 0 Å². The van der Waals surface area contributed by atoms with Crippen molar-refractivity contribution in [3.05, 3.63) is 122 Å². The van der Waals surface area contributed by atoms with Gasteiger partial charge in [0.1, 0.15) is 22.0 Å². The Labute approximate surface area is 290 Å². The molecule has 0 spiro atoms. The van der Waals surface area contributed by atoms with E-state index in [0.717, 1.165) is 109 Å². The largest absolute Gasteiger partial charge is 0.464 e. The van der Waals surface area contributed by atoms with Crippen molar-refractivity contribution in [3.8, 4) is 55.7 Å². The van der Waals surface area contributed by atoms with Crippen molar-refractivity contribution in [2.75, 3.05) is 0 Å². The maximum absolute atomic E-state index is 6.55. The minimum Gasteiger partial charge on any atom is -0.464 e.